The van der Waals surface area contributed by atoms with Gasteiger partial charge in [0.2, 0.25) is 0 Å². The number of benzene rings is 1. The molecule has 110 valence electrons. The Morgan fingerprint density at radius 3 is 2.64 bits per heavy atom. The average Bonchev–Trinajstić information content (AvgIpc) is 2.51. The van der Waals surface area contributed by atoms with Gasteiger partial charge in [-0.3, -0.25) is 4.79 Å². The zero-order chi connectivity index (χ0) is 15.3. The van der Waals surface area contributed by atoms with Crippen molar-refractivity contribution >= 4 is 18.1 Å². The van der Waals surface area contributed by atoms with Crippen molar-refractivity contribution in [3.63, 3.8) is 0 Å². The van der Waals surface area contributed by atoms with Crippen molar-refractivity contribution in [1.29, 1.82) is 0 Å². The van der Waals surface area contributed by atoms with E-state index in [1.165, 1.54) is 29.2 Å². The largest absolute Gasteiger partial charge is 0.497 e. The number of carbonyl (C=O) groups is 1. The first-order valence-electron chi connectivity index (χ1n) is 7.36. The van der Waals surface area contributed by atoms with Crippen molar-refractivity contribution in [2.45, 2.75) is 12.8 Å². The third-order valence-corrected chi connectivity index (χ3v) is 4.39. The highest BCUT2D eigenvalue weighted by Gasteiger charge is 2.34. The molecule has 1 aromatic rings. The van der Waals surface area contributed by atoms with Crippen molar-refractivity contribution in [3.8, 4) is 5.75 Å². The molecule has 3 aliphatic rings. The highest BCUT2D eigenvalue weighted by atomic mass is 16.5. The Hall–Kier alpha value is -2.55. The second kappa shape index (κ2) is 4.73. The third-order valence-electron chi connectivity index (χ3n) is 4.39. The molecule has 1 aromatic carbocycles. The van der Waals surface area contributed by atoms with Gasteiger partial charge in [0.15, 0.2) is 0 Å². The fraction of sp³-hybridized carbons (Fsp3) is 0.211. The molecule has 2 unspecified atom stereocenters. The average molecular weight is 292 g/mol. The number of methoxy groups -OCH3 is 1. The van der Waals surface area contributed by atoms with Crippen LogP contribution < -0.4 is 4.74 Å². The highest BCUT2D eigenvalue weighted by molar-refractivity contribution is 5.76. The summed E-state index contributed by atoms with van der Waals surface area (Å²) in [5, 5.41) is 0. The summed E-state index contributed by atoms with van der Waals surface area (Å²) in [6.07, 6.45) is 12.5. The fourth-order valence-corrected chi connectivity index (χ4v) is 3.54. The molecule has 0 bridgehead atoms. The zero-order valence-corrected chi connectivity index (χ0v) is 12.5. The Kier molecular flexibility index (Phi) is 2.83. The number of rotatable bonds is 2. The monoisotopic (exact) mass is 292 g/mol. The molecule has 4 rings (SSSR count). The van der Waals surface area contributed by atoms with Crippen LogP contribution in [0.2, 0.25) is 0 Å². The van der Waals surface area contributed by atoms with E-state index in [4.69, 9.17) is 9.47 Å². The summed E-state index contributed by atoms with van der Waals surface area (Å²) in [5.74, 6) is 1.75. The van der Waals surface area contributed by atoms with E-state index in [9.17, 15) is 4.79 Å². The van der Waals surface area contributed by atoms with E-state index < -0.39 is 0 Å². The molecule has 0 aromatic heterocycles. The molecule has 3 heteroatoms. The molecule has 3 aliphatic carbocycles. The molecule has 0 saturated heterocycles. The standard InChI is InChI=1S/C19H16O3/c1-11(20)22-17-9-14-5-3-12-7-16(21-2)8-13-4-6-15(10-17)19(14)18(12)13/h3-10,14,19H,1-2H3. The van der Waals surface area contributed by atoms with Crippen LogP contribution in [0.3, 0.4) is 0 Å². The first-order valence-corrected chi connectivity index (χ1v) is 7.36. The van der Waals surface area contributed by atoms with E-state index in [1.54, 1.807) is 7.11 Å². The molecule has 0 saturated carbocycles. The first kappa shape index (κ1) is 13.1. The maximum absolute atomic E-state index is 11.2. The normalized spacial score (nSPS) is 23.4. The van der Waals surface area contributed by atoms with E-state index in [2.05, 4.69) is 36.4 Å². The second-order valence-corrected chi connectivity index (χ2v) is 5.77. The molecule has 0 amide bonds. The van der Waals surface area contributed by atoms with Gasteiger partial charge in [-0.2, -0.15) is 0 Å². The van der Waals surface area contributed by atoms with E-state index in [1.807, 2.05) is 12.2 Å². The predicted octanol–water partition coefficient (Wildman–Crippen LogP) is 3.84. The molecular weight excluding hydrogens is 276 g/mol. The minimum absolute atomic E-state index is 0.221. The minimum Gasteiger partial charge on any atom is -0.497 e. The topological polar surface area (TPSA) is 35.5 Å². The number of hydrogen-bond donors (Lipinski definition) is 0. The minimum atomic E-state index is -0.285. The molecule has 0 aliphatic heterocycles. The van der Waals surface area contributed by atoms with Gasteiger partial charge < -0.3 is 9.47 Å². The van der Waals surface area contributed by atoms with Crippen LogP contribution >= 0.6 is 0 Å². The molecule has 0 heterocycles. The van der Waals surface area contributed by atoms with Gasteiger partial charge in [-0.05, 0) is 46.5 Å². The van der Waals surface area contributed by atoms with Gasteiger partial charge in [-0.1, -0.05) is 24.3 Å². The van der Waals surface area contributed by atoms with E-state index in [0.717, 1.165) is 5.75 Å². The molecule has 0 spiro atoms. The van der Waals surface area contributed by atoms with Crippen LogP contribution in [0.15, 0.2) is 47.8 Å². The Morgan fingerprint density at radius 2 is 1.91 bits per heavy atom. The Balaban J connectivity index is 1.85. The number of esters is 1. The first-order chi connectivity index (χ1) is 10.7. The van der Waals surface area contributed by atoms with Crippen molar-refractivity contribution in [3.05, 3.63) is 64.5 Å². The van der Waals surface area contributed by atoms with E-state index >= 15 is 0 Å². The highest BCUT2D eigenvalue weighted by Crippen LogP contribution is 2.48. The SMILES string of the molecule is COc1cc2c3c(c1)C=CC1C=C(OC(C)=O)C=C(C=C2)C31. The van der Waals surface area contributed by atoms with Crippen LogP contribution in [-0.4, -0.2) is 13.1 Å². The van der Waals surface area contributed by atoms with Crippen LogP contribution in [0.1, 0.15) is 29.5 Å². The Bertz CT molecular complexity index is 793. The van der Waals surface area contributed by atoms with Gasteiger partial charge in [-0.15, -0.1) is 0 Å². The van der Waals surface area contributed by atoms with Crippen LogP contribution in [-0.2, 0) is 9.53 Å². The zero-order valence-electron chi connectivity index (χ0n) is 12.5. The number of hydrogen-bond acceptors (Lipinski definition) is 3. The summed E-state index contributed by atoms with van der Waals surface area (Å²) in [6.45, 7) is 1.43. The van der Waals surface area contributed by atoms with E-state index in [0.29, 0.717) is 11.7 Å². The lowest BCUT2D eigenvalue weighted by Gasteiger charge is -2.36. The maximum atomic E-state index is 11.2. The molecular formula is C19H16O3. The molecule has 0 fully saturated rings. The van der Waals surface area contributed by atoms with Crippen molar-refractivity contribution < 1.29 is 14.3 Å². The van der Waals surface area contributed by atoms with Gasteiger partial charge in [0.05, 0.1) is 7.11 Å². The van der Waals surface area contributed by atoms with E-state index in [-0.39, 0.29) is 11.9 Å². The van der Waals surface area contributed by atoms with Crippen LogP contribution in [0.4, 0.5) is 0 Å². The van der Waals surface area contributed by atoms with Gasteiger partial charge in [-0.25, -0.2) is 0 Å². The van der Waals surface area contributed by atoms with Gasteiger partial charge >= 0.3 is 5.97 Å². The summed E-state index contributed by atoms with van der Waals surface area (Å²) in [6, 6.07) is 4.15. The molecule has 3 nitrogen and oxygen atoms in total. The quantitative estimate of drug-likeness (QED) is 0.777. The molecule has 0 N–H and O–H groups in total. The summed E-state index contributed by atoms with van der Waals surface area (Å²) in [5.41, 5.74) is 4.93. The van der Waals surface area contributed by atoms with Gasteiger partial charge in [0.1, 0.15) is 11.5 Å². The number of ether oxygens (including phenoxy) is 2. The number of carbonyl (C=O) groups excluding carboxylic acids is 1. The summed E-state index contributed by atoms with van der Waals surface area (Å²) in [4.78, 5) is 11.2. The number of allylic oxidation sites excluding steroid dienone is 5. The second-order valence-electron chi connectivity index (χ2n) is 5.77. The summed E-state index contributed by atoms with van der Waals surface area (Å²) in [7, 11) is 1.69. The Morgan fingerprint density at radius 1 is 1.14 bits per heavy atom. The fourth-order valence-electron chi connectivity index (χ4n) is 3.54. The predicted molar refractivity (Wildman–Crippen MR) is 85.2 cm³/mol. The van der Waals surface area contributed by atoms with Gasteiger partial charge in [0.25, 0.3) is 0 Å². The van der Waals surface area contributed by atoms with Gasteiger partial charge in [0, 0.05) is 18.8 Å². The van der Waals surface area contributed by atoms with Crippen molar-refractivity contribution in [2.24, 2.45) is 5.92 Å². The van der Waals surface area contributed by atoms with Crippen molar-refractivity contribution in [1.82, 2.24) is 0 Å². The molecule has 0 radical (unpaired) electrons. The van der Waals surface area contributed by atoms with Crippen LogP contribution in [0.25, 0.3) is 12.2 Å². The lowest BCUT2D eigenvalue weighted by Crippen LogP contribution is -2.22. The summed E-state index contributed by atoms with van der Waals surface area (Å²) < 4.78 is 10.7. The molecule has 2 atom stereocenters. The third kappa shape index (κ3) is 1.93. The Labute approximate surface area is 129 Å². The lowest BCUT2D eigenvalue weighted by atomic mass is 9.69. The van der Waals surface area contributed by atoms with Crippen LogP contribution in [0.5, 0.6) is 5.75 Å². The lowest BCUT2D eigenvalue weighted by molar-refractivity contribution is -0.136. The van der Waals surface area contributed by atoms with Crippen molar-refractivity contribution in [2.75, 3.05) is 7.11 Å². The smallest absolute Gasteiger partial charge is 0.308 e. The van der Waals surface area contributed by atoms with Crippen LogP contribution in [0, 0.1) is 5.92 Å². The summed E-state index contributed by atoms with van der Waals surface area (Å²) >= 11 is 0. The maximum Gasteiger partial charge on any atom is 0.308 e. The molecule has 22 heavy (non-hydrogen) atoms.